The first kappa shape index (κ1) is 8.96. The van der Waals surface area contributed by atoms with E-state index in [0.717, 1.165) is 0 Å². The maximum atomic E-state index is 4.22. The van der Waals surface area contributed by atoms with Crippen LogP contribution in [0, 0.1) is 5.41 Å². The second-order valence-corrected chi connectivity index (χ2v) is 5.34. The van der Waals surface area contributed by atoms with Gasteiger partial charge in [-0.05, 0) is 36.3 Å². The lowest BCUT2D eigenvalue weighted by molar-refractivity contribution is 0.315. The minimum Gasteiger partial charge on any atom is -0.358 e. The molecule has 2 nitrogen and oxygen atoms in total. The number of hydrogen-bond acceptors (Lipinski definition) is 1. The van der Waals surface area contributed by atoms with Gasteiger partial charge in [0.05, 0.1) is 0 Å². The molecule has 0 unspecified atom stereocenters. The molecule has 15 heavy (non-hydrogen) atoms. The number of aromatic nitrogens is 2. The summed E-state index contributed by atoms with van der Waals surface area (Å²) in [6.45, 7) is 4.70. The summed E-state index contributed by atoms with van der Waals surface area (Å²) in [5.74, 6) is 0. The van der Waals surface area contributed by atoms with Crippen LogP contribution in [0.5, 0.6) is 0 Å². The maximum Gasteiger partial charge on any atom is 0.0490 e. The van der Waals surface area contributed by atoms with E-state index in [9.17, 15) is 0 Å². The van der Waals surface area contributed by atoms with Crippen LogP contribution in [0.2, 0.25) is 0 Å². The van der Waals surface area contributed by atoms with Crippen LogP contribution in [0.15, 0.2) is 18.5 Å². The third-order valence-electron chi connectivity index (χ3n) is 3.50. The highest BCUT2D eigenvalue weighted by Crippen LogP contribution is 2.37. The van der Waals surface area contributed by atoms with Gasteiger partial charge in [0.2, 0.25) is 0 Å². The van der Waals surface area contributed by atoms with Gasteiger partial charge in [-0.3, -0.25) is 4.98 Å². The number of nitrogens with one attached hydrogen (secondary N) is 1. The quantitative estimate of drug-likeness (QED) is 0.695. The number of pyridine rings is 1. The predicted octanol–water partition coefficient (Wildman–Crippen LogP) is 3.08. The molecule has 78 valence electrons. The number of aromatic amines is 1. The molecular weight excluding hydrogens is 184 g/mol. The third-order valence-corrected chi connectivity index (χ3v) is 3.50. The van der Waals surface area contributed by atoms with E-state index in [4.69, 9.17) is 0 Å². The fourth-order valence-corrected chi connectivity index (χ4v) is 2.59. The Morgan fingerprint density at radius 1 is 1.40 bits per heavy atom. The monoisotopic (exact) mass is 200 g/mol. The minimum absolute atomic E-state index is 0.442. The molecule has 1 N–H and O–H groups in total. The van der Waals surface area contributed by atoms with Gasteiger partial charge in [-0.1, -0.05) is 13.8 Å². The Morgan fingerprint density at radius 2 is 2.27 bits per heavy atom. The molecule has 0 radical (unpaired) electrons. The molecule has 2 aromatic rings. The van der Waals surface area contributed by atoms with Crippen molar-refractivity contribution in [2.45, 2.75) is 33.1 Å². The van der Waals surface area contributed by atoms with E-state index in [-0.39, 0.29) is 0 Å². The van der Waals surface area contributed by atoms with Crippen molar-refractivity contribution in [3.63, 3.8) is 0 Å². The van der Waals surface area contributed by atoms with E-state index < -0.39 is 0 Å². The molecule has 0 aromatic carbocycles. The second-order valence-electron chi connectivity index (χ2n) is 5.34. The Hall–Kier alpha value is -1.31. The van der Waals surface area contributed by atoms with Gasteiger partial charge in [0.25, 0.3) is 0 Å². The summed E-state index contributed by atoms with van der Waals surface area (Å²) < 4.78 is 0. The lowest BCUT2D eigenvalue weighted by Crippen LogP contribution is -2.21. The van der Waals surface area contributed by atoms with Crippen molar-refractivity contribution >= 4 is 10.9 Å². The van der Waals surface area contributed by atoms with Crippen LogP contribution in [-0.2, 0) is 12.8 Å². The average molecular weight is 200 g/mol. The van der Waals surface area contributed by atoms with Crippen molar-refractivity contribution in [2.24, 2.45) is 5.41 Å². The molecule has 1 aliphatic carbocycles. The zero-order valence-corrected chi connectivity index (χ0v) is 9.30. The van der Waals surface area contributed by atoms with Crippen LogP contribution >= 0.6 is 0 Å². The number of H-pyrrole nitrogens is 1. The summed E-state index contributed by atoms with van der Waals surface area (Å²) in [5.41, 5.74) is 4.61. The number of hydrogen-bond donors (Lipinski definition) is 1. The summed E-state index contributed by atoms with van der Waals surface area (Å²) in [7, 11) is 0. The highest BCUT2D eigenvalue weighted by Gasteiger charge is 2.27. The second kappa shape index (κ2) is 2.84. The van der Waals surface area contributed by atoms with Crippen LogP contribution in [0.1, 0.15) is 31.5 Å². The van der Waals surface area contributed by atoms with Gasteiger partial charge in [-0.15, -0.1) is 0 Å². The lowest BCUT2D eigenvalue weighted by atomic mass is 9.76. The van der Waals surface area contributed by atoms with Gasteiger partial charge >= 0.3 is 0 Å². The molecule has 0 fully saturated rings. The van der Waals surface area contributed by atoms with E-state index in [0.29, 0.717) is 5.41 Å². The fraction of sp³-hybridized carbons (Fsp3) is 0.462. The Morgan fingerprint density at radius 3 is 3.13 bits per heavy atom. The zero-order valence-electron chi connectivity index (χ0n) is 9.30. The fourth-order valence-electron chi connectivity index (χ4n) is 2.59. The Kier molecular flexibility index (Phi) is 1.70. The molecule has 0 amide bonds. The largest absolute Gasteiger partial charge is 0.358 e. The van der Waals surface area contributed by atoms with E-state index in [1.165, 1.54) is 41.4 Å². The number of nitrogens with zero attached hydrogens (tertiary/aromatic N) is 1. The standard InChI is InChI=1S/C13H16N2/c1-13(2)5-3-11-9(7-13)10-8-14-6-4-12(10)15-11/h4,6,8,15H,3,5,7H2,1-2H3. The van der Waals surface area contributed by atoms with Crippen LogP contribution in [0.4, 0.5) is 0 Å². The van der Waals surface area contributed by atoms with Gasteiger partial charge < -0.3 is 4.98 Å². The Bertz CT molecular complexity index is 508. The van der Waals surface area contributed by atoms with Crippen molar-refractivity contribution in [1.29, 1.82) is 0 Å². The zero-order chi connectivity index (χ0) is 10.5. The summed E-state index contributed by atoms with van der Waals surface area (Å²) in [5, 5.41) is 1.32. The van der Waals surface area contributed by atoms with Crippen molar-refractivity contribution in [2.75, 3.05) is 0 Å². The van der Waals surface area contributed by atoms with Crippen LogP contribution in [-0.4, -0.2) is 9.97 Å². The molecule has 0 saturated heterocycles. The minimum atomic E-state index is 0.442. The van der Waals surface area contributed by atoms with Gasteiger partial charge in [-0.2, -0.15) is 0 Å². The third kappa shape index (κ3) is 1.36. The van der Waals surface area contributed by atoms with Gasteiger partial charge in [-0.25, -0.2) is 0 Å². The average Bonchev–Trinajstić information content (AvgIpc) is 2.55. The summed E-state index contributed by atoms with van der Waals surface area (Å²) >= 11 is 0. The van der Waals surface area contributed by atoms with E-state index in [1.54, 1.807) is 0 Å². The van der Waals surface area contributed by atoms with Crippen LogP contribution in [0.3, 0.4) is 0 Å². The molecule has 2 heteroatoms. The highest BCUT2D eigenvalue weighted by atomic mass is 14.7. The normalized spacial score (nSPS) is 19.1. The number of aryl methyl sites for hydroxylation is 1. The first-order valence-corrected chi connectivity index (χ1v) is 5.59. The molecular formula is C13H16N2. The molecule has 1 aliphatic rings. The summed E-state index contributed by atoms with van der Waals surface area (Å²) in [6, 6.07) is 2.07. The van der Waals surface area contributed by atoms with Crippen LogP contribution in [0.25, 0.3) is 10.9 Å². The van der Waals surface area contributed by atoms with Crippen LogP contribution < -0.4 is 0 Å². The molecule has 0 atom stereocenters. The smallest absolute Gasteiger partial charge is 0.0490 e. The molecule has 2 aromatic heterocycles. The SMILES string of the molecule is CC1(C)CCc2[nH]c3ccncc3c2C1. The van der Waals surface area contributed by atoms with Crippen molar-refractivity contribution in [1.82, 2.24) is 9.97 Å². The topological polar surface area (TPSA) is 28.7 Å². The van der Waals surface area contributed by atoms with E-state index >= 15 is 0 Å². The van der Waals surface area contributed by atoms with Crippen molar-refractivity contribution < 1.29 is 0 Å². The first-order valence-electron chi connectivity index (χ1n) is 5.59. The molecule has 0 bridgehead atoms. The summed E-state index contributed by atoms with van der Waals surface area (Å²) in [4.78, 5) is 7.73. The molecule has 3 rings (SSSR count). The van der Waals surface area contributed by atoms with Gasteiger partial charge in [0.15, 0.2) is 0 Å². The number of fused-ring (bicyclic) bond motifs is 3. The van der Waals surface area contributed by atoms with Gasteiger partial charge in [0, 0.05) is 29.0 Å². The van der Waals surface area contributed by atoms with E-state index in [2.05, 4.69) is 29.9 Å². The van der Waals surface area contributed by atoms with Crippen molar-refractivity contribution in [3.8, 4) is 0 Å². The first-order chi connectivity index (χ1) is 7.16. The number of rotatable bonds is 0. The molecule has 0 saturated carbocycles. The lowest BCUT2D eigenvalue weighted by Gasteiger charge is -2.29. The summed E-state index contributed by atoms with van der Waals surface area (Å²) in [6.07, 6.45) is 7.48. The molecule has 2 heterocycles. The van der Waals surface area contributed by atoms with E-state index in [1.807, 2.05) is 12.4 Å². The Labute approximate surface area is 89.7 Å². The molecule has 0 aliphatic heterocycles. The van der Waals surface area contributed by atoms with Gasteiger partial charge in [0.1, 0.15) is 0 Å². The maximum absolute atomic E-state index is 4.22. The molecule has 0 spiro atoms. The predicted molar refractivity (Wildman–Crippen MR) is 61.9 cm³/mol. The Balaban J connectivity index is 2.22. The van der Waals surface area contributed by atoms with Crippen molar-refractivity contribution in [3.05, 3.63) is 29.7 Å². The highest BCUT2D eigenvalue weighted by molar-refractivity contribution is 5.84.